The molecule has 0 unspecified atom stereocenters. The number of nitrogens with zero attached hydrogens (tertiary/aromatic N) is 4. The van der Waals surface area contributed by atoms with Gasteiger partial charge in [-0.3, -0.25) is 0 Å². The summed E-state index contributed by atoms with van der Waals surface area (Å²) in [5.74, 6) is -0.271. The number of aromatic amines is 1. The van der Waals surface area contributed by atoms with E-state index in [1.54, 1.807) is 17.5 Å². The maximum absolute atomic E-state index is 12.1. The Morgan fingerprint density at radius 1 is 1.21 bits per heavy atom. The second-order valence-electron chi connectivity index (χ2n) is 4.63. The summed E-state index contributed by atoms with van der Waals surface area (Å²) in [6, 6.07) is 7.50. The highest BCUT2D eigenvalue weighted by atomic mass is 32.1. The third-order valence-electron chi connectivity index (χ3n) is 2.96. The zero-order valence-electron chi connectivity index (χ0n) is 11.8. The van der Waals surface area contributed by atoms with Crippen molar-refractivity contribution in [2.24, 2.45) is 0 Å². The maximum atomic E-state index is 12.1. The van der Waals surface area contributed by atoms with Gasteiger partial charge in [0.25, 0.3) is 0 Å². The number of ether oxygens (including phenoxy) is 1. The first kappa shape index (κ1) is 15.9. The molecule has 0 atom stereocenters. The fourth-order valence-electron chi connectivity index (χ4n) is 1.97. The van der Waals surface area contributed by atoms with Gasteiger partial charge in [-0.15, -0.1) is 29.6 Å². The topological polar surface area (TPSA) is 87.5 Å². The first-order valence-corrected chi connectivity index (χ1v) is 7.43. The lowest BCUT2D eigenvalue weighted by Crippen LogP contribution is -2.17. The number of thiazole rings is 1. The zero-order valence-corrected chi connectivity index (χ0v) is 12.6. The van der Waals surface area contributed by atoms with Crippen LogP contribution in [0.2, 0.25) is 0 Å². The maximum Gasteiger partial charge on any atom is 0.573 e. The van der Waals surface area contributed by atoms with Gasteiger partial charge in [-0.2, -0.15) is 15.6 Å². The van der Waals surface area contributed by atoms with Gasteiger partial charge < -0.3 is 4.74 Å². The van der Waals surface area contributed by atoms with E-state index in [0.717, 1.165) is 10.6 Å². The van der Waals surface area contributed by atoms with Crippen LogP contribution >= 0.6 is 11.3 Å². The minimum atomic E-state index is -4.71. The Balaban J connectivity index is 1.72. The van der Waals surface area contributed by atoms with Crippen molar-refractivity contribution in [2.75, 3.05) is 0 Å². The van der Waals surface area contributed by atoms with E-state index in [-0.39, 0.29) is 11.4 Å². The van der Waals surface area contributed by atoms with Gasteiger partial charge in [-0.1, -0.05) is 12.1 Å². The first-order chi connectivity index (χ1) is 11.4. The fourth-order valence-corrected chi connectivity index (χ4v) is 2.78. The Morgan fingerprint density at radius 3 is 2.62 bits per heavy atom. The molecule has 0 radical (unpaired) electrons. The summed E-state index contributed by atoms with van der Waals surface area (Å²) in [6.07, 6.45) is -4.27. The number of hydrogen-bond donors (Lipinski definition) is 1. The summed E-state index contributed by atoms with van der Waals surface area (Å²) in [5, 5.41) is 21.4. The Bertz CT molecular complexity index is 879. The summed E-state index contributed by atoms with van der Waals surface area (Å²) < 4.78 is 40.2. The minimum absolute atomic E-state index is 0.153. The van der Waals surface area contributed by atoms with Gasteiger partial charge in [0.1, 0.15) is 23.2 Å². The zero-order chi connectivity index (χ0) is 17.2. The molecule has 0 saturated heterocycles. The highest BCUT2D eigenvalue weighted by Gasteiger charge is 2.30. The average Bonchev–Trinajstić information content (AvgIpc) is 3.16. The van der Waals surface area contributed by atoms with E-state index in [1.807, 2.05) is 6.07 Å². The summed E-state index contributed by atoms with van der Waals surface area (Å²) >= 11 is 1.36. The molecule has 0 fully saturated rings. The van der Waals surface area contributed by atoms with E-state index in [0.29, 0.717) is 17.8 Å². The van der Waals surface area contributed by atoms with Gasteiger partial charge >= 0.3 is 6.36 Å². The lowest BCUT2D eigenvalue weighted by Gasteiger charge is -2.08. The number of rotatable bonds is 4. The van der Waals surface area contributed by atoms with Gasteiger partial charge in [0, 0.05) is 11.8 Å². The number of alkyl halides is 3. The molecule has 0 aliphatic heterocycles. The normalized spacial score (nSPS) is 11.2. The van der Waals surface area contributed by atoms with Crippen LogP contribution in [0.15, 0.2) is 29.6 Å². The molecule has 3 aromatic rings. The van der Waals surface area contributed by atoms with Crippen molar-refractivity contribution in [3.8, 4) is 23.2 Å². The molecule has 24 heavy (non-hydrogen) atoms. The van der Waals surface area contributed by atoms with E-state index < -0.39 is 6.36 Å². The number of nitrogens with one attached hydrogen (secondary N) is 1. The number of nitriles is 1. The predicted octanol–water partition coefficient (Wildman–Crippen LogP) is 3.29. The molecule has 2 aromatic heterocycles. The Hall–Kier alpha value is -2.93. The average molecular weight is 351 g/mol. The van der Waals surface area contributed by atoms with Crippen molar-refractivity contribution >= 4 is 11.3 Å². The van der Waals surface area contributed by atoms with E-state index >= 15 is 0 Å². The van der Waals surface area contributed by atoms with Crippen molar-refractivity contribution in [3.63, 3.8) is 0 Å². The molecule has 0 saturated carbocycles. The largest absolute Gasteiger partial charge is 0.573 e. The van der Waals surface area contributed by atoms with E-state index in [9.17, 15) is 13.2 Å². The second kappa shape index (κ2) is 6.29. The molecule has 0 spiro atoms. The van der Waals surface area contributed by atoms with Gasteiger partial charge in [-0.05, 0) is 17.7 Å². The number of halogens is 3. The number of hydrogen-bond acceptors (Lipinski definition) is 6. The summed E-state index contributed by atoms with van der Waals surface area (Å²) in [6.45, 7) is 0. The molecule has 0 bridgehead atoms. The van der Waals surface area contributed by atoms with Crippen LogP contribution < -0.4 is 4.74 Å². The minimum Gasteiger partial charge on any atom is -0.406 e. The molecule has 122 valence electrons. The third kappa shape index (κ3) is 3.69. The summed E-state index contributed by atoms with van der Waals surface area (Å²) in [7, 11) is 0. The van der Waals surface area contributed by atoms with Crippen molar-refractivity contribution in [1.29, 1.82) is 5.26 Å². The molecule has 0 amide bonds. The second-order valence-corrected chi connectivity index (χ2v) is 5.57. The van der Waals surface area contributed by atoms with Gasteiger partial charge in [0.2, 0.25) is 0 Å². The van der Waals surface area contributed by atoms with E-state index in [4.69, 9.17) is 5.26 Å². The predicted molar refractivity (Wildman–Crippen MR) is 78.1 cm³/mol. The Morgan fingerprint density at radius 2 is 1.96 bits per heavy atom. The van der Waals surface area contributed by atoms with Gasteiger partial charge in [-0.25, -0.2) is 4.98 Å². The molecule has 1 N–H and O–H groups in total. The van der Waals surface area contributed by atoms with Crippen LogP contribution in [0.3, 0.4) is 0 Å². The monoisotopic (exact) mass is 351 g/mol. The molecular formula is C14H8F3N5OS. The van der Waals surface area contributed by atoms with E-state index in [1.165, 1.54) is 23.5 Å². The number of aromatic nitrogens is 4. The van der Waals surface area contributed by atoms with Crippen molar-refractivity contribution in [1.82, 2.24) is 20.4 Å². The Labute approximate surface area is 137 Å². The van der Waals surface area contributed by atoms with Crippen molar-refractivity contribution in [2.45, 2.75) is 12.8 Å². The lowest BCUT2D eigenvalue weighted by molar-refractivity contribution is -0.274. The highest BCUT2D eigenvalue weighted by Crippen LogP contribution is 2.25. The van der Waals surface area contributed by atoms with Gasteiger partial charge in [0.05, 0.1) is 5.01 Å². The molecule has 1 aromatic carbocycles. The van der Waals surface area contributed by atoms with Gasteiger partial charge in [0.15, 0.2) is 5.69 Å². The van der Waals surface area contributed by atoms with E-state index in [2.05, 4.69) is 25.1 Å². The van der Waals surface area contributed by atoms with Crippen LogP contribution in [0.1, 0.15) is 16.3 Å². The van der Waals surface area contributed by atoms with Crippen LogP contribution in [0.4, 0.5) is 13.2 Å². The molecule has 3 rings (SSSR count). The number of H-pyrrole nitrogens is 1. The molecular weight excluding hydrogens is 343 g/mol. The molecule has 0 aliphatic carbocycles. The lowest BCUT2D eigenvalue weighted by atomic mass is 10.1. The Kier molecular flexibility index (Phi) is 4.18. The first-order valence-electron chi connectivity index (χ1n) is 6.55. The highest BCUT2D eigenvalue weighted by molar-refractivity contribution is 7.10. The van der Waals surface area contributed by atoms with Crippen molar-refractivity contribution in [3.05, 3.63) is 45.9 Å². The van der Waals surface area contributed by atoms with Crippen LogP contribution in [-0.4, -0.2) is 26.8 Å². The van der Waals surface area contributed by atoms with Crippen LogP contribution in [0, 0.1) is 11.3 Å². The SMILES string of the molecule is N#Cc1n[nH]nc1-c1csc(Cc2ccc(OC(F)(F)F)cc2)n1. The number of benzene rings is 1. The van der Waals surface area contributed by atoms with Crippen LogP contribution in [-0.2, 0) is 6.42 Å². The molecule has 6 nitrogen and oxygen atoms in total. The third-order valence-corrected chi connectivity index (χ3v) is 3.81. The fraction of sp³-hybridized carbons (Fsp3) is 0.143. The van der Waals surface area contributed by atoms with Crippen LogP contribution in [0.5, 0.6) is 5.75 Å². The molecule has 10 heteroatoms. The molecule has 2 heterocycles. The standard InChI is InChI=1S/C14H8F3N5OS/c15-14(16,17)23-9-3-1-8(2-4-9)5-12-19-11(7-24-12)13-10(6-18)20-22-21-13/h1-4,7H,5H2,(H,20,21,22). The summed E-state index contributed by atoms with van der Waals surface area (Å²) in [5.41, 5.74) is 1.83. The smallest absolute Gasteiger partial charge is 0.406 e. The molecule has 0 aliphatic rings. The summed E-state index contributed by atoms with van der Waals surface area (Å²) in [4.78, 5) is 4.37. The van der Waals surface area contributed by atoms with Crippen LogP contribution in [0.25, 0.3) is 11.4 Å². The quantitative estimate of drug-likeness (QED) is 0.779. The van der Waals surface area contributed by atoms with Crippen molar-refractivity contribution < 1.29 is 17.9 Å².